The molecule has 8 nitrogen and oxygen atoms in total. The monoisotopic (exact) mass is 552 g/mol. The molecule has 3 aromatic rings. The lowest BCUT2D eigenvalue weighted by atomic mass is 9.68. The third-order valence-corrected chi connectivity index (χ3v) is 8.57. The van der Waals surface area contributed by atoms with E-state index in [0.29, 0.717) is 33.6 Å². The van der Waals surface area contributed by atoms with Crippen molar-refractivity contribution in [3.63, 3.8) is 0 Å². The standard InChI is InChI=1S/C25H26Cl2N2O6S/c1-4-35-10-9-25(23(31)33-2,24(32)34-3)18-14-8-6-5-7-13(14)11-15(18)29-22(30)16-12-17-20(28-16)19(26)21(27)36-17/h5-8,12,15,18,28H,4,9-11H2,1-3H3,(H,29,30)/t15-,18-/m1/s1. The molecule has 0 saturated heterocycles. The molecule has 1 aliphatic rings. The van der Waals surface area contributed by atoms with Crippen molar-refractivity contribution in [2.24, 2.45) is 5.41 Å². The van der Waals surface area contributed by atoms with E-state index in [1.807, 2.05) is 31.2 Å². The Morgan fingerprint density at radius 3 is 2.50 bits per heavy atom. The smallest absolute Gasteiger partial charge is 0.324 e. The second kappa shape index (κ2) is 10.8. The highest BCUT2D eigenvalue weighted by Gasteiger charge is 2.59. The zero-order valence-electron chi connectivity index (χ0n) is 20.0. The second-order valence-corrected chi connectivity index (χ2v) is 10.5. The lowest BCUT2D eigenvalue weighted by Gasteiger charge is -2.37. The molecule has 1 aliphatic carbocycles. The third-order valence-electron chi connectivity index (χ3n) is 6.64. The van der Waals surface area contributed by atoms with E-state index >= 15 is 0 Å². The Hall–Kier alpha value is -2.59. The van der Waals surface area contributed by atoms with Crippen LogP contribution in [0.1, 0.15) is 40.9 Å². The van der Waals surface area contributed by atoms with Gasteiger partial charge in [-0.15, -0.1) is 11.3 Å². The Bertz CT molecular complexity index is 1290. The number of hydrogen-bond donors (Lipinski definition) is 2. The molecule has 0 bridgehead atoms. The van der Waals surface area contributed by atoms with Gasteiger partial charge in [0.05, 0.1) is 29.5 Å². The van der Waals surface area contributed by atoms with Crippen LogP contribution < -0.4 is 5.32 Å². The van der Waals surface area contributed by atoms with Crippen molar-refractivity contribution in [3.8, 4) is 0 Å². The van der Waals surface area contributed by atoms with Crippen LogP contribution in [0.25, 0.3) is 10.2 Å². The SMILES string of the molecule is CCOCCC(C(=O)OC)(C(=O)OC)[C@@H]1c2ccccc2C[C@H]1NC(=O)c1cc2sc(Cl)c(Cl)c2[nH]1. The lowest BCUT2D eigenvalue weighted by molar-refractivity contribution is -0.173. The van der Waals surface area contributed by atoms with Gasteiger partial charge in [0.25, 0.3) is 5.91 Å². The topological polar surface area (TPSA) is 107 Å². The number of ether oxygens (including phenoxy) is 3. The number of thiophene rings is 1. The largest absolute Gasteiger partial charge is 0.468 e. The molecule has 2 aromatic heterocycles. The molecule has 1 amide bonds. The summed E-state index contributed by atoms with van der Waals surface area (Å²) in [6.07, 6.45) is 0.441. The van der Waals surface area contributed by atoms with Crippen molar-refractivity contribution in [1.29, 1.82) is 0 Å². The van der Waals surface area contributed by atoms with Gasteiger partial charge in [-0.3, -0.25) is 14.4 Å². The molecule has 0 radical (unpaired) electrons. The Balaban J connectivity index is 1.76. The first kappa shape index (κ1) is 26.5. The predicted molar refractivity (Wildman–Crippen MR) is 138 cm³/mol. The molecule has 0 spiro atoms. The molecule has 11 heteroatoms. The van der Waals surface area contributed by atoms with Crippen molar-refractivity contribution in [1.82, 2.24) is 10.3 Å². The third kappa shape index (κ3) is 4.49. The average molecular weight is 553 g/mol. The van der Waals surface area contributed by atoms with Crippen LogP contribution in [0.3, 0.4) is 0 Å². The number of amides is 1. The highest BCUT2D eigenvalue weighted by molar-refractivity contribution is 7.23. The second-order valence-electron chi connectivity index (χ2n) is 8.47. The van der Waals surface area contributed by atoms with Crippen molar-refractivity contribution in [3.05, 3.63) is 56.5 Å². The fourth-order valence-corrected chi connectivity index (χ4v) is 6.55. The lowest BCUT2D eigenvalue weighted by Crippen LogP contribution is -2.53. The summed E-state index contributed by atoms with van der Waals surface area (Å²) in [6, 6.07) is 8.57. The fraction of sp³-hybridized carbons (Fsp3) is 0.400. The van der Waals surface area contributed by atoms with Gasteiger partial charge in [-0.1, -0.05) is 47.5 Å². The van der Waals surface area contributed by atoms with Gasteiger partial charge in [0.1, 0.15) is 10.0 Å². The highest BCUT2D eigenvalue weighted by Crippen LogP contribution is 2.49. The van der Waals surface area contributed by atoms with E-state index in [9.17, 15) is 14.4 Å². The van der Waals surface area contributed by atoms with Gasteiger partial charge in [-0.25, -0.2) is 0 Å². The number of aromatic amines is 1. The number of aromatic nitrogens is 1. The normalized spacial score (nSPS) is 17.1. The fourth-order valence-electron chi connectivity index (χ4n) is 5.06. The molecular formula is C25H26Cl2N2O6S. The van der Waals surface area contributed by atoms with Crippen LogP contribution in [0.5, 0.6) is 0 Å². The number of nitrogens with one attached hydrogen (secondary N) is 2. The van der Waals surface area contributed by atoms with E-state index in [1.165, 1.54) is 25.6 Å². The minimum absolute atomic E-state index is 0.0257. The van der Waals surface area contributed by atoms with Crippen molar-refractivity contribution < 1.29 is 28.6 Å². The number of benzene rings is 1. The van der Waals surface area contributed by atoms with E-state index < -0.39 is 35.2 Å². The molecule has 192 valence electrons. The summed E-state index contributed by atoms with van der Waals surface area (Å²) in [6.45, 7) is 2.37. The Morgan fingerprint density at radius 1 is 1.17 bits per heavy atom. The number of esters is 2. The zero-order chi connectivity index (χ0) is 26.0. The van der Waals surface area contributed by atoms with Crippen LogP contribution in [0, 0.1) is 5.41 Å². The number of carbonyl (C=O) groups is 3. The molecule has 2 N–H and O–H groups in total. The number of fused-ring (bicyclic) bond motifs is 2. The van der Waals surface area contributed by atoms with Crippen molar-refractivity contribution in [2.45, 2.75) is 31.7 Å². The number of rotatable bonds is 9. The Labute approximate surface area is 222 Å². The first-order valence-corrected chi connectivity index (χ1v) is 12.9. The molecule has 1 aromatic carbocycles. The molecule has 2 atom stereocenters. The van der Waals surface area contributed by atoms with Gasteiger partial charge >= 0.3 is 11.9 Å². The summed E-state index contributed by atoms with van der Waals surface area (Å²) in [5.41, 5.74) is 0.843. The maximum absolute atomic E-state index is 13.4. The summed E-state index contributed by atoms with van der Waals surface area (Å²) in [5, 5.41) is 3.39. The van der Waals surface area contributed by atoms with Gasteiger partial charge in [0, 0.05) is 25.2 Å². The minimum atomic E-state index is -1.73. The number of H-pyrrole nitrogens is 1. The van der Waals surface area contributed by atoms with Crippen molar-refractivity contribution in [2.75, 3.05) is 27.4 Å². The maximum Gasteiger partial charge on any atom is 0.324 e. The number of carbonyl (C=O) groups excluding carboxylic acids is 3. The van der Waals surface area contributed by atoms with Gasteiger partial charge in [0.2, 0.25) is 0 Å². The van der Waals surface area contributed by atoms with E-state index in [-0.39, 0.29) is 13.0 Å². The first-order valence-electron chi connectivity index (χ1n) is 11.4. The molecular weight excluding hydrogens is 527 g/mol. The van der Waals surface area contributed by atoms with Crippen LogP contribution in [0.15, 0.2) is 30.3 Å². The van der Waals surface area contributed by atoms with Gasteiger partial charge in [0.15, 0.2) is 5.41 Å². The van der Waals surface area contributed by atoms with Crippen LogP contribution in [-0.4, -0.2) is 56.3 Å². The van der Waals surface area contributed by atoms with E-state index in [4.69, 9.17) is 37.4 Å². The molecule has 0 aliphatic heterocycles. The average Bonchev–Trinajstić information content (AvgIpc) is 3.53. The zero-order valence-corrected chi connectivity index (χ0v) is 22.3. The van der Waals surface area contributed by atoms with Crippen LogP contribution in [0.4, 0.5) is 0 Å². The summed E-state index contributed by atoms with van der Waals surface area (Å²) in [7, 11) is 2.46. The van der Waals surface area contributed by atoms with E-state index in [0.717, 1.165) is 15.8 Å². The van der Waals surface area contributed by atoms with Crippen LogP contribution >= 0.6 is 34.5 Å². The summed E-state index contributed by atoms with van der Waals surface area (Å²) in [4.78, 5) is 43.1. The first-order chi connectivity index (χ1) is 17.3. The predicted octanol–water partition coefficient (Wildman–Crippen LogP) is 4.73. The quantitative estimate of drug-likeness (QED) is 0.225. The summed E-state index contributed by atoms with van der Waals surface area (Å²) in [5.74, 6) is -2.62. The van der Waals surface area contributed by atoms with Gasteiger partial charge in [-0.05, 0) is 37.0 Å². The number of methoxy groups -OCH3 is 2. The molecule has 0 fully saturated rings. The number of hydrogen-bond acceptors (Lipinski definition) is 7. The van der Waals surface area contributed by atoms with Crippen LogP contribution in [-0.2, 0) is 30.2 Å². The summed E-state index contributed by atoms with van der Waals surface area (Å²) >= 11 is 13.6. The van der Waals surface area contributed by atoms with E-state index in [1.54, 1.807) is 6.07 Å². The Morgan fingerprint density at radius 2 is 1.86 bits per heavy atom. The molecule has 4 rings (SSSR count). The minimum Gasteiger partial charge on any atom is -0.468 e. The molecule has 0 saturated carbocycles. The van der Waals surface area contributed by atoms with Crippen LogP contribution in [0.2, 0.25) is 9.36 Å². The maximum atomic E-state index is 13.4. The number of halogens is 2. The molecule has 0 unspecified atom stereocenters. The highest BCUT2D eigenvalue weighted by atomic mass is 35.5. The van der Waals surface area contributed by atoms with E-state index in [2.05, 4.69) is 10.3 Å². The Kier molecular flexibility index (Phi) is 7.94. The van der Waals surface area contributed by atoms with Crippen molar-refractivity contribution >= 4 is 62.6 Å². The molecule has 36 heavy (non-hydrogen) atoms. The van der Waals surface area contributed by atoms with Gasteiger partial charge < -0.3 is 24.5 Å². The van der Waals surface area contributed by atoms with Gasteiger partial charge in [-0.2, -0.15) is 0 Å². The summed E-state index contributed by atoms with van der Waals surface area (Å²) < 4.78 is 17.0. The molecule has 2 heterocycles.